The Morgan fingerprint density at radius 3 is 2.88 bits per heavy atom. The Kier molecular flexibility index (Phi) is 4.05. The molecule has 1 atom stereocenters. The molecule has 25 heavy (non-hydrogen) atoms. The number of H-pyrrole nitrogens is 1. The Labute approximate surface area is 144 Å². The number of nitrogens with zero attached hydrogens (tertiary/aromatic N) is 4. The van der Waals surface area contributed by atoms with Gasteiger partial charge in [0, 0.05) is 30.9 Å². The SMILES string of the molecule is O=C(Cc1n[nH]c(=O)c2ccccc12)N1CCCC(n2cccn2)C1. The Hall–Kier alpha value is -2.96. The normalized spacial score (nSPS) is 17.8. The fourth-order valence-corrected chi connectivity index (χ4v) is 3.46. The van der Waals surface area contributed by atoms with Gasteiger partial charge in [0.05, 0.1) is 23.5 Å². The monoisotopic (exact) mass is 337 g/mol. The van der Waals surface area contributed by atoms with Gasteiger partial charge in [-0.2, -0.15) is 10.2 Å². The van der Waals surface area contributed by atoms with E-state index in [2.05, 4.69) is 15.3 Å². The minimum atomic E-state index is -0.233. The van der Waals surface area contributed by atoms with Crippen LogP contribution in [0.3, 0.4) is 0 Å². The maximum atomic E-state index is 12.8. The largest absolute Gasteiger partial charge is 0.340 e. The fourth-order valence-electron chi connectivity index (χ4n) is 3.46. The van der Waals surface area contributed by atoms with E-state index in [0.717, 1.165) is 24.8 Å². The van der Waals surface area contributed by atoms with E-state index in [1.54, 1.807) is 12.3 Å². The van der Waals surface area contributed by atoms with Crippen molar-refractivity contribution in [2.75, 3.05) is 13.1 Å². The maximum absolute atomic E-state index is 12.8. The van der Waals surface area contributed by atoms with Crippen LogP contribution in [-0.4, -0.2) is 43.9 Å². The summed E-state index contributed by atoms with van der Waals surface area (Å²) in [5.74, 6) is 0.0292. The highest BCUT2D eigenvalue weighted by molar-refractivity contribution is 5.88. The van der Waals surface area contributed by atoms with Crippen LogP contribution in [0.4, 0.5) is 0 Å². The number of carbonyl (C=O) groups is 1. The molecule has 1 saturated heterocycles. The number of likely N-dealkylation sites (tertiary alicyclic amines) is 1. The van der Waals surface area contributed by atoms with E-state index >= 15 is 0 Å². The Morgan fingerprint density at radius 2 is 2.08 bits per heavy atom. The molecule has 7 heteroatoms. The summed E-state index contributed by atoms with van der Waals surface area (Å²) in [4.78, 5) is 26.5. The number of hydrogen-bond donors (Lipinski definition) is 1. The van der Waals surface area contributed by atoms with Gasteiger partial charge >= 0.3 is 0 Å². The Bertz CT molecular complexity index is 948. The van der Waals surface area contributed by atoms with E-state index in [1.165, 1.54) is 0 Å². The van der Waals surface area contributed by atoms with Crippen LogP contribution in [0.1, 0.15) is 24.6 Å². The van der Waals surface area contributed by atoms with Gasteiger partial charge in [0.25, 0.3) is 5.56 Å². The molecular weight excluding hydrogens is 318 g/mol. The summed E-state index contributed by atoms with van der Waals surface area (Å²) in [6.45, 7) is 1.40. The van der Waals surface area contributed by atoms with Crippen molar-refractivity contribution in [2.45, 2.75) is 25.3 Å². The lowest BCUT2D eigenvalue weighted by molar-refractivity contribution is -0.132. The number of hydrogen-bond acceptors (Lipinski definition) is 4. The molecule has 0 radical (unpaired) electrons. The minimum Gasteiger partial charge on any atom is -0.340 e. The molecule has 1 aliphatic heterocycles. The number of fused-ring (bicyclic) bond motifs is 1. The number of aromatic amines is 1. The first-order valence-corrected chi connectivity index (χ1v) is 8.45. The predicted molar refractivity (Wildman–Crippen MR) is 93.1 cm³/mol. The molecule has 7 nitrogen and oxygen atoms in total. The number of piperidine rings is 1. The van der Waals surface area contributed by atoms with Crippen molar-refractivity contribution in [3.8, 4) is 0 Å². The Balaban J connectivity index is 1.54. The molecule has 1 unspecified atom stereocenters. The zero-order chi connectivity index (χ0) is 17.2. The number of aromatic nitrogens is 4. The molecule has 4 rings (SSSR count). The third kappa shape index (κ3) is 3.05. The zero-order valence-electron chi connectivity index (χ0n) is 13.8. The molecule has 0 bridgehead atoms. The molecule has 0 spiro atoms. The molecule has 1 aromatic carbocycles. The maximum Gasteiger partial charge on any atom is 0.272 e. The first-order chi connectivity index (χ1) is 12.2. The molecule has 3 aromatic rings. The summed E-state index contributed by atoms with van der Waals surface area (Å²) >= 11 is 0. The molecule has 1 N–H and O–H groups in total. The third-order valence-electron chi connectivity index (χ3n) is 4.74. The molecule has 1 amide bonds. The average Bonchev–Trinajstić information content (AvgIpc) is 3.19. The third-order valence-corrected chi connectivity index (χ3v) is 4.74. The van der Waals surface area contributed by atoms with Gasteiger partial charge < -0.3 is 4.90 Å². The molecule has 2 aromatic heterocycles. The molecule has 1 fully saturated rings. The van der Waals surface area contributed by atoms with Gasteiger partial charge in [0.15, 0.2) is 0 Å². The van der Waals surface area contributed by atoms with Crippen molar-refractivity contribution in [3.05, 3.63) is 58.8 Å². The summed E-state index contributed by atoms with van der Waals surface area (Å²) in [6, 6.07) is 9.36. The van der Waals surface area contributed by atoms with Crippen molar-refractivity contribution in [1.82, 2.24) is 24.9 Å². The number of rotatable bonds is 3. The van der Waals surface area contributed by atoms with E-state index in [4.69, 9.17) is 0 Å². The fraction of sp³-hybridized carbons (Fsp3) is 0.333. The van der Waals surface area contributed by atoms with Gasteiger partial charge in [-0.3, -0.25) is 14.3 Å². The van der Waals surface area contributed by atoms with E-state index in [1.807, 2.05) is 40.0 Å². The highest BCUT2D eigenvalue weighted by atomic mass is 16.2. The first kappa shape index (κ1) is 15.6. The summed E-state index contributed by atoms with van der Waals surface area (Å²) in [5.41, 5.74) is 0.380. The lowest BCUT2D eigenvalue weighted by Crippen LogP contribution is -2.41. The van der Waals surface area contributed by atoms with E-state index in [0.29, 0.717) is 17.6 Å². The van der Waals surface area contributed by atoms with Gasteiger partial charge in [-0.1, -0.05) is 18.2 Å². The molecule has 128 valence electrons. The van der Waals surface area contributed by atoms with Gasteiger partial charge in [0.1, 0.15) is 0 Å². The van der Waals surface area contributed by atoms with Crippen LogP contribution in [0.15, 0.2) is 47.5 Å². The van der Waals surface area contributed by atoms with Gasteiger partial charge in [-0.25, -0.2) is 5.10 Å². The highest BCUT2D eigenvalue weighted by Gasteiger charge is 2.25. The van der Waals surface area contributed by atoms with E-state index in [-0.39, 0.29) is 23.9 Å². The van der Waals surface area contributed by atoms with Crippen LogP contribution in [0.25, 0.3) is 10.8 Å². The van der Waals surface area contributed by atoms with E-state index < -0.39 is 0 Å². The lowest BCUT2D eigenvalue weighted by atomic mass is 10.0. The second-order valence-electron chi connectivity index (χ2n) is 6.34. The predicted octanol–water partition coefficient (Wildman–Crippen LogP) is 1.53. The summed E-state index contributed by atoms with van der Waals surface area (Å²) < 4.78 is 1.92. The molecular formula is C18H19N5O2. The van der Waals surface area contributed by atoms with Crippen LogP contribution in [0, 0.1) is 0 Å². The lowest BCUT2D eigenvalue weighted by Gasteiger charge is -2.33. The number of benzene rings is 1. The number of nitrogens with one attached hydrogen (secondary N) is 1. The smallest absolute Gasteiger partial charge is 0.272 e. The molecule has 3 heterocycles. The van der Waals surface area contributed by atoms with Crippen LogP contribution >= 0.6 is 0 Å². The highest BCUT2D eigenvalue weighted by Crippen LogP contribution is 2.22. The first-order valence-electron chi connectivity index (χ1n) is 8.45. The van der Waals surface area contributed by atoms with Crippen molar-refractivity contribution in [1.29, 1.82) is 0 Å². The standard InChI is InChI=1S/C18H19N5O2/c24-17(22-9-3-5-13(12-22)23-10-4-8-19-23)11-16-14-6-1-2-7-15(14)18(25)21-20-16/h1-2,4,6-8,10,13H,3,5,9,11-12H2,(H,21,25). The van der Waals surface area contributed by atoms with Gasteiger partial charge in [-0.05, 0) is 25.0 Å². The van der Waals surface area contributed by atoms with Crippen LogP contribution in [0.5, 0.6) is 0 Å². The summed E-state index contributed by atoms with van der Waals surface area (Å²) in [6.07, 6.45) is 5.86. The minimum absolute atomic E-state index is 0.0292. The van der Waals surface area contributed by atoms with Crippen molar-refractivity contribution < 1.29 is 4.79 Å². The number of amides is 1. The van der Waals surface area contributed by atoms with Crippen LogP contribution in [-0.2, 0) is 11.2 Å². The van der Waals surface area contributed by atoms with Crippen molar-refractivity contribution >= 4 is 16.7 Å². The topological polar surface area (TPSA) is 83.9 Å². The molecule has 0 aliphatic carbocycles. The van der Waals surface area contributed by atoms with Crippen molar-refractivity contribution in [3.63, 3.8) is 0 Å². The van der Waals surface area contributed by atoms with Gasteiger partial charge in [0.2, 0.25) is 5.91 Å². The summed E-state index contributed by atoms with van der Waals surface area (Å²) in [5, 5.41) is 12.2. The Morgan fingerprint density at radius 1 is 1.24 bits per heavy atom. The van der Waals surface area contributed by atoms with E-state index in [9.17, 15) is 9.59 Å². The second kappa shape index (κ2) is 6.51. The zero-order valence-corrected chi connectivity index (χ0v) is 13.8. The van der Waals surface area contributed by atoms with Crippen molar-refractivity contribution in [2.24, 2.45) is 0 Å². The second-order valence-corrected chi connectivity index (χ2v) is 6.34. The number of carbonyl (C=O) groups excluding carboxylic acids is 1. The van der Waals surface area contributed by atoms with Crippen LogP contribution < -0.4 is 5.56 Å². The molecule has 0 saturated carbocycles. The quantitative estimate of drug-likeness (QED) is 0.785. The summed E-state index contributed by atoms with van der Waals surface area (Å²) in [7, 11) is 0. The van der Waals surface area contributed by atoms with Gasteiger partial charge in [-0.15, -0.1) is 0 Å². The van der Waals surface area contributed by atoms with Crippen LogP contribution in [0.2, 0.25) is 0 Å². The molecule has 1 aliphatic rings. The average molecular weight is 337 g/mol.